The van der Waals surface area contributed by atoms with E-state index in [1.54, 1.807) is 12.1 Å². The molecule has 0 spiro atoms. The third kappa shape index (κ3) is 3.53. The van der Waals surface area contributed by atoms with Gasteiger partial charge in [0.2, 0.25) is 0 Å². The molecule has 0 atom stereocenters. The highest BCUT2D eigenvalue weighted by Gasteiger charge is 2.32. The highest BCUT2D eigenvalue weighted by atomic mass is 79.9. The summed E-state index contributed by atoms with van der Waals surface area (Å²) < 4.78 is 14.1. The lowest BCUT2D eigenvalue weighted by atomic mass is 10.0. The summed E-state index contributed by atoms with van der Waals surface area (Å²) in [6.07, 6.45) is 3.96. The summed E-state index contributed by atoms with van der Waals surface area (Å²) in [6, 6.07) is 4.71. The Morgan fingerprint density at radius 3 is 2.72 bits per heavy atom. The lowest BCUT2D eigenvalue weighted by Crippen LogP contribution is -2.38. The summed E-state index contributed by atoms with van der Waals surface area (Å²) in [5.41, 5.74) is 0.369. The Bertz CT molecular complexity index is 418. The summed E-state index contributed by atoms with van der Waals surface area (Å²) >= 11 is 3.43. The van der Waals surface area contributed by atoms with Crippen molar-refractivity contribution in [1.82, 2.24) is 4.90 Å². The molecule has 100 valence electrons. The van der Waals surface area contributed by atoms with Crippen LogP contribution in [-0.4, -0.2) is 29.2 Å². The van der Waals surface area contributed by atoms with Crippen LogP contribution < -0.4 is 0 Å². The first-order valence-corrected chi connectivity index (χ1v) is 7.13. The van der Waals surface area contributed by atoms with Crippen LogP contribution in [0.5, 0.6) is 0 Å². The van der Waals surface area contributed by atoms with E-state index < -0.39 is 5.60 Å². The quantitative estimate of drug-likeness (QED) is 0.921. The Morgan fingerprint density at radius 2 is 2.06 bits per heavy atom. The Labute approximate surface area is 116 Å². The molecule has 1 fully saturated rings. The van der Waals surface area contributed by atoms with Gasteiger partial charge >= 0.3 is 0 Å². The fourth-order valence-corrected chi connectivity index (χ4v) is 3.08. The SMILES string of the molecule is CN(Cc1cc(F)ccc1Br)CC1(O)CCCC1. The number of hydrogen-bond acceptors (Lipinski definition) is 2. The molecule has 0 heterocycles. The fraction of sp³-hybridized carbons (Fsp3) is 0.571. The van der Waals surface area contributed by atoms with Crippen LogP contribution in [0.25, 0.3) is 0 Å². The molecule has 2 rings (SSSR count). The van der Waals surface area contributed by atoms with E-state index >= 15 is 0 Å². The minimum Gasteiger partial charge on any atom is -0.389 e. The molecule has 0 amide bonds. The van der Waals surface area contributed by atoms with Crippen LogP contribution in [0.4, 0.5) is 4.39 Å². The number of benzene rings is 1. The van der Waals surface area contributed by atoms with E-state index in [9.17, 15) is 9.50 Å². The van der Waals surface area contributed by atoms with Crippen molar-refractivity contribution in [3.8, 4) is 0 Å². The summed E-state index contributed by atoms with van der Waals surface area (Å²) in [6.45, 7) is 1.29. The normalized spacial score (nSPS) is 18.5. The minimum atomic E-state index is -0.547. The van der Waals surface area contributed by atoms with E-state index in [2.05, 4.69) is 20.8 Å². The molecule has 0 aliphatic heterocycles. The van der Waals surface area contributed by atoms with Crippen molar-refractivity contribution < 1.29 is 9.50 Å². The Morgan fingerprint density at radius 1 is 1.39 bits per heavy atom. The maximum Gasteiger partial charge on any atom is 0.123 e. The van der Waals surface area contributed by atoms with E-state index in [0.717, 1.165) is 35.7 Å². The molecule has 1 N–H and O–H groups in total. The van der Waals surface area contributed by atoms with E-state index in [4.69, 9.17) is 0 Å². The van der Waals surface area contributed by atoms with Crippen LogP contribution in [0.1, 0.15) is 31.2 Å². The van der Waals surface area contributed by atoms with Crippen molar-refractivity contribution in [3.63, 3.8) is 0 Å². The largest absolute Gasteiger partial charge is 0.389 e. The highest BCUT2D eigenvalue weighted by Crippen LogP contribution is 2.30. The third-order valence-electron chi connectivity index (χ3n) is 3.55. The van der Waals surface area contributed by atoms with Gasteiger partial charge in [0.1, 0.15) is 5.82 Å². The molecular weight excluding hydrogens is 297 g/mol. The molecule has 1 aliphatic carbocycles. The van der Waals surface area contributed by atoms with Crippen LogP contribution in [0.2, 0.25) is 0 Å². The van der Waals surface area contributed by atoms with Crippen molar-refractivity contribution >= 4 is 15.9 Å². The smallest absolute Gasteiger partial charge is 0.123 e. The number of hydrogen-bond donors (Lipinski definition) is 1. The zero-order valence-corrected chi connectivity index (χ0v) is 12.2. The monoisotopic (exact) mass is 315 g/mol. The molecule has 1 aromatic rings. The van der Waals surface area contributed by atoms with Gasteiger partial charge in [-0.25, -0.2) is 4.39 Å². The van der Waals surface area contributed by atoms with E-state index in [1.165, 1.54) is 6.07 Å². The zero-order chi connectivity index (χ0) is 13.2. The van der Waals surface area contributed by atoms with Crippen LogP contribution in [0.3, 0.4) is 0 Å². The lowest BCUT2D eigenvalue weighted by molar-refractivity contribution is 0.0145. The molecule has 2 nitrogen and oxygen atoms in total. The van der Waals surface area contributed by atoms with Crippen molar-refractivity contribution in [2.75, 3.05) is 13.6 Å². The number of rotatable bonds is 4. The second kappa shape index (κ2) is 5.68. The maximum absolute atomic E-state index is 13.2. The van der Waals surface area contributed by atoms with Gasteiger partial charge in [-0.05, 0) is 43.7 Å². The average molecular weight is 316 g/mol. The van der Waals surface area contributed by atoms with Gasteiger partial charge in [0.15, 0.2) is 0 Å². The molecule has 1 aliphatic rings. The maximum atomic E-state index is 13.2. The predicted octanol–water partition coefficient (Wildman–Crippen LogP) is 3.33. The second-order valence-electron chi connectivity index (χ2n) is 5.34. The molecular formula is C14H19BrFNO. The van der Waals surface area contributed by atoms with Gasteiger partial charge in [-0.2, -0.15) is 0 Å². The average Bonchev–Trinajstić information content (AvgIpc) is 2.70. The standard InChI is InChI=1S/C14H19BrFNO/c1-17(10-14(18)6-2-3-7-14)9-11-8-12(16)4-5-13(11)15/h4-5,8,18H,2-3,6-7,9-10H2,1H3. The van der Waals surface area contributed by atoms with E-state index in [-0.39, 0.29) is 5.82 Å². The van der Waals surface area contributed by atoms with Gasteiger partial charge in [0.25, 0.3) is 0 Å². The zero-order valence-electron chi connectivity index (χ0n) is 10.6. The topological polar surface area (TPSA) is 23.5 Å². The summed E-state index contributed by atoms with van der Waals surface area (Å²) in [5.74, 6) is -0.221. The minimum absolute atomic E-state index is 0.221. The lowest BCUT2D eigenvalue weighted by Gasteiger charge is -2.28. The number of likely N-dealkylation sites (N-methyl/N-ethyl adjacent to an activating group) is 1. The molecule has 1 saturated carbocycles. The second-order valence-corrected chi connectivity index (χ2v) is 6.19. The molecule has 18 heavy (non-hydrogen) atoms. The first-order valence-electron chi connectivity index (χ1n) is 6.33. The van der Waals surface area contributed by atoms with Crippen molar-refractivity contribution in [3.05, 3.63) is 34.1 Å². The molecule has 4 heteroatoms. The Kier molecular flexibility index (Phi) is 4.41. The van der Waals surface area contributed by atoms with Crippen molar-refractivity contribution in [2.45, 2.75) is 37.8 Å². The van der Waals surface area contributed by atoms with E-state index in [0.29, 0.717) is 13.1 Å². The van der Waals surface area contributed by atoms with Crippen molar-refractivity contribution in [2.24, 2.45) is 0 Å². The molecule has 0 bridgehead atoms. The first-order chi connectivity index (χ1) is 8.48. The molecule has 1 aromatic carbocycles. The number of aliphatic hydroxyl groups is 1. The van der Waals surface area contributed by atoms with Gasteiger partial charge in [0, 0.05) is 17.6 Å². The Balaban J connectivity index is 1.98. The van der Waals surface area contributed by atoms with Crippen LogP contribution >= 0.6 is 15.9 Å². The summed E-state index contributed by atoms with van der Waals surface area (Å²) in [4.78, 5) is 2.06. The summed E-state index contributed by atoms with van der Waals surface area (Å²) in [5, 5.41) is 10.3. The first kappa shape index (κ1) is 14.0. The van der Waals surface area contributed by atoms with Crippen LogP contribution in [-0.2, 0) is 6.54 Å². The molecule has 0 radical (unpaired) electrons. The highest BCUT2D eigenvalue weighted by molar-refractivity contribution is 9.10. The van der Waals surface area contributed by atoms with Crippen LogP contribution in [0, 0.1) is 5.82 Å². The van der Waals surface area contributed by atoms with Gasteiger partial charge < -0.3 is 5.11 Å². The molecule has 0 saturated heterocycles. The number of halogens is 2. The van der Waals surface area contributed by atoms with Crippen molar-refractivity contribution in [1.29, 1.82) is 0 Å². The fourth-order valence-electron chi connectivity index (χ4n) is 2.70. The Hall–Kier alpha value is -0.450. The van der Waals surface area contributed by atoms with Gasteiger partial charge in [-0.15, -0.1) is 0 Å². The molecule has 0 aromatic heterocycles. The van der Waals surface area contributed by atoms with Crippen LogP contribution in [0.15, 0.2) is 22.7 Å². The third-order valence-corrected chi connectivity index (χ3v) is 4.32. The summed E-state index contributed by atoms with van der Waals surface area (Å²) in [7, 11) is 1.97. The van der Waals surface area contributed by atoms with Gasteiger partial charge in [0.05, 0.1) is 5.60 Å². The van der Waals surface area contributed by atoms with Gasteiger partial charge in [-0.1, -0.05) is 28.8 Å². The molecule has 0 unspecified atom stereocenters. The van der Waals surface area contributed by atoms with Gasteiger partial charge in [-0.3, -0.25) is 4.90 Å². The number of nitrogens with zero attached hydrogens (tertiary/aromatic N) is 1. The van der Waals surface area contributed by atoms with E-state index in [1.807, 2.05) is 7.05 Å². The predicted molar refractivity (Wildman–Crippen MR) is 73.9 cm³/mol.